The van der Waals surface area contributed by atoms with Gasteiger partial charge in [-0.1, -0.05) is 6.92 Å². The average Bonchev–Trinajstić information content (AvgIpc) is 2.21. The molecule has 5 atom stereocenters. The highest BCUT2D eigenvalue weighted by molar-refractivity contribution is 7.87. The smallest absolute Gasteiger partial charge is 0.306 e. The number of halogens is 3. The molecule has 0 aliphatic heterocycles. The first-order chi connectivity index (χ1) is 8.06. The average molecular weight is 288 g/mol. The molecule has 5 unspecified atom stereocenters. The van der Waals surface area contributed by atoms with E-state index in [2.05, 4.69) is 0 Å². The van der Waals surface area contributed by atoms with E-state index in [0.29, 0.717) is 0 Å². The van der Waals surface area contributed by atoms with Crippen LogP contribution in [0.3, 0.4) is 0 Å². The van der Waals surface area contributed by atoms with Crippen molar-refractivity contribution >= 4 is 10.1 Å². The molecule has 2 fully saturated rings. The molecule has 0 spiro atoms. The summed E-state index contributed by atoms with van der Waals surface area (Å²) in [6.45, 7) is 0.952. The van der Waals surface area contributed by atoms with E-state index >= 15 is 0 Å². The molecule has 0 aromatic heterocycles. The fourth-order valence-electron chi connectivity index (χ4n) is 3.07. The number of hydrogen-bond acceptors (Lipinski definition) is 3. The van der Waals surface area contributed by atoms with Crippen molar-refractivity contribution in [3.63, 3.8) is 0 Å². The van der Waals surface area contributed by atoms with Gasteiger partial charge in [0.05, 0.1) is 6.10 Å². The predicted octanol–water partition coefficient (Wildman–Crippen LogP) is 1.60. The van der Waals surface area contributed by atoms with Gasteiger partial charge in [0.2, 0.25) is 0 Å². The Labute approximate surface area is 103 Å². The zero-order valence-corrected chi connectivity index (χ0v) is 10.5. The van der Waals surface area contributed by atoms with Crippen molar-refractivity contribution in [1.82, 2.24) is 0 Å². The molecule has 2 saturated carbocycles. The second kappa shape index (κ2) is 3.83. The van der Waals surface area contributed by atoms with Gasteiger partial charge in [-0.15, -0.1) is 0 Å². The molecule has 0 bridgehead atoms. The maximum atomic E-state index is 14.0. The van der Waals surface area contributed by atoms with Gasteiger partial charge in [0.1, 0.15) is 0 Å². The summed E-state index contributed by atoms with van der Waals surface area (Å²) in [5, 5.41) is 5.29. The minimum absolute atomic E-state index is 0.111. The van der Waals surface area contributed by atoms with Crippen molar-refractivity contribution < 1.29 is 31.2 Å². The molecule has 106 valence electrons. The van der Waals surface area contributed by atoms with Crippen molar-refractivity contribution in [3.05, 3.63) is 0 Å². The Morgan fingerprint density at radius 2 is 1.78 bits per heavy atom. The third-order valence-corrected chi connectivity index (χ3v) is 5.81. The van der Waals surface area contributed by atoms with Gasteiger partial charge in [0.25, 0.3) is 5.00 Å². The molecule has 0 radical (unpaired) electrons. The van der Waals surface area contributed by atoms with Gasteiger partial charge in [-0.25, -0.2) is 13.2 Å². The normalized spacial score (nSPS) is 39.2. The molecule has 0 aromatic rings. The molecule has 4 nitrogen and oxygen atoms in total. The lowest BCUT2D eigenvalue weighted by Crippen LogP contribution is -2.65. The quantitative estimate of drug-likeness (QED) is 0.771. The van der Waals surface area contributed by atoms with Crippen LogP contribution in [0.2, 0.25) is 0 Å². The molecule has 2 rings (SSSR count). The molecular formula is C10H15F3O4S. The molecule has 2 aliphatic rings. The molecule has 0 heterocycles. The van der Waals surface area contributed by atoms with Crippen LogP contribution in [0.1, 0.15) is 26.2 Å². The van der Waals surface area contributed by atoms with E-state index in [9.17, 15) is 26.7 Å². The summed E-state index contributed by atoms with van der Waals surface area (Å²) in [5.41, 5.74) is 0. The highest BCUT2D eigenvalue weighted by atomic mass is 32.2. The molecule has 18 heavy (non-hydrogen) atoms. The van der Waals surface area contributed by atoms with E-state index < -0.39 is 45.4 Å². The van der Waals surface area contributed by atoms with Gasteiger partial charge in [0, 0.05) is 12.3 Å². The van der Waals surface area contributed by atoms with E-state index in [1.807, 2.05) is 0 Å². The van der Waals surface area contributed by atoms with E-state index in [1.54, 1.807) is 0 Å². The summed E-state index contributed by atoms with van der Waals surface area (Å²) in [5.74, 6) is -6.42. The second-order valence-electron chi connectivity index (χ2n) is 5.15. The first-order valence-corrected chi connectivity index (χ1v) is 7.22. The topological polar surface area (TPSA) is 74.6 Å². The number of rotatable bonds is 4. The monoisotopic (exact) mass is 288 g/mol. The highest BCUT2D eigenvalue weighted by Gasteiger charge is 2.72. The maximum absolute atomic E-state index is 14.0. The third-order valence-electron chi connectivity index (χ3n) is 4.43. The summed E-state index contributed by atoms with van der Waals surface area (Å²) in [7, 11) is -5.50. The van der Waals surface area contributed by atoms with Crippen molar-refractivity contribution in [2.75, 3.05) is 0 Å². The first-order valence-electron chi connectivity index (χ1n) is 5.78. The number of fused-ring (bicyclic) bond motifs is 1. The molecule has 2 N–H and O–H groups in total. The largest absolute Gasteiger partial charge is 0.393 e. The molecule has 0 aromatic carbocycles. The standard InChI is InChI=1S/C10H15F3O4S/c1-2-9(11,18(15,16)17)10(12,13)7-3-6-5(7)4-8(6)14/h5-8,14H,2-4H2,1H3,(H,15,16,17). The van der Waals surface area contributed by atoms with Gasteiger partial charge in [-0.3, -0.25) is 4.55 Å². The van der Waals surface area contributed by atoms with Crippen LogP contribution in [0.4, 0.5) is 13.2 Å². The fraction of sp³-hybridized carbons (Fsp3) is 1.00. The minimum Gasteiger partial charge on any atom is -0.393 e. The third kappa shape index (κ3) is 1.55. The van der Waals surface area contributed by atoms with Gasteiger partial charge >= 0.3 is 16.0 Å². The number of aliphatic hydroxyl groups excluding tert-OH is 1. The van der Waals surface area contributed by atoms with Crippen LogP contribution in [-0.2, 0) is 10.1 Å². The lowest BCUT2D eigenvalue weighted by atomic mass is 9.49. The summed E-state index contributed by atoms with van der Waals surface area (Å²) < 4.78 is 72.6. The van der Waals surface area contributed by atoms with Gasteiger partial charge in [-0.2, -0.15) is 8.42 Å². The van der Waals surface area contributed by atoms with E-state index in [0.717, 1.165) is 6.92 Å². The Morgan fingerprint density at radius 3 is 2.06 bits per heavy atom. The zero-order chi connectivity index (χ0) is 13.9. The zero-order valence-electron chi connectivity index (χ0n) is 9.68. The highest BCUT2D eigenvalue weighted by Crippen LogP contribution is 2.62. The van der Waals surface area contributed by atoms with Crippen LogP contribution >= 0.6 is 0 Å². The Kier molecular flexibility index (Phi) is 3.00. The molecular weight excluding hydrogens is 273 g/mol. The minimum atomic E-state index is -5.50. The summed E-state index contributed by atoms with van der Waals surface area (Å²) in [6, 6.07) is 0. The SMILES string of the molecule is CCC(F)(C(F)(F)C1CC2C(O)CC21)S(=O)(=O)O. The predicted molar refractivity (Wildman–Crippen MR) is 56.3 cm³/mol. The van der Waals surface area contributed by atoms with E-state index in [1.165, 1.54) is 0 Å². The van der Waals surface area contributed by atoms with Gasteiger partial charge in [-0.05, 0) is 24.7 Å². The van der Waals surface area contributed by atoms with Crippen LogP contribution in [0, 0.1) is 17.8 Å². The lowest BCUT2D eigenvalue weighted by molar-refractivity contribution is -0.249. The Bertz CT molecular complexity index is 452. The summed E-state index contributed by atoms with van der Waals surface area (Å²) >= 11 is 0. The number of hydrogen-bond donors (Lipinski definition) is 2. The fourth-order valence-corrected chi connectivity index (χ4v) is 3.93. The van der Waals surface area contributed by atoms with Crippen molar-refractivity contribution in [1.29, 1.82) is 0 Å². The van der Waals surface area contributed by atoms with Crippen LogP contribution in [0.5, 0.6) is 0 Å². The van der Waals surface area contributed by atoms with Crippen molar-refractivity contribution in [2.24, 2.45) is 17.8 Å². The second-order valence-corrected chi connectivity index (χ2v) is 6.75. The Balaban J connectivity index is 2.26. The van der Waals surface area contributed by atoms with Crippen LogP contribution < -0.4 is 0 Å². The first kappa shape index (κ1) is 14.1. The lowest BCUT2D eigenvalue weighted by Gasteiger charge is -2.59. The number of aliphatic hydroxyl groups is 1. The van der Waals surface area contributed by atoms with Crippen LogP contribution in [-0.4, -0.2) is 35.1 Å². The molecule has 0 amide bonds. The molecule has 0 saturated heterocycles. The van der Waals surface area contributed by atoms with E-state index in [-0.39, 0.29) is 18.8 Å². The summed E-state index contributed by atoms with van der Waals surface area (Å²) in [6.07, 6.45) is -1.64. The van der Waals surface area contributed by atoms with Crippen molar-refractivity contribution in [3.8, 4) is 0 Å². The van der Waals surface area contributed by atoms with E-state index in [4.69, 9.17) is 4.55 Å². The molecule has 8 heteroatoms. The van der Waals surface area contributed by atoms with Crippen LogP contribution in [0.25, 0.3) is 0 Å². The van der Waals surface area contributed by atoms with Gasteiger partial charge < -0.3 is 5.11 Å². The Hall–Kier alpha value is -0.340. The summed E-state index contributed by atoms with van der Waals surface area (Å²) in [4.78, 5) is 0. The molecule has 2 aliphatic carbocycles. The van der Waals surface area contributed by atoms with Crippen LogP contribution in [0.15, 0.2) is 0 Å². The maximum Gasteiger partial charge on any atom is 0.306 e. The van der Waals surface area contributed by atoms with Crippen molar-refractivity contribution in [2.45, 2.75) is 43.2 Å². The Morgan fingerprint density at radius 1 is 1.22 bits per heavy atom. The van der Waals surface area contributed by atoms with Gasteiger partial charge in [0.15, 0.2) is 0 Å². The number of alkyl halides is 3.